The molecular formula is C12H8N2O3. The molecule has 0 bridgehead atoms. The first-order valence-corrected chi connectivity index (χ1v) is 4.81. The van der Waals surface area contributed by atoms with E-state index in [2.05, 4.69) is 9.97 Å². The Morgan fingerprint density at radius 1 is 1.00 bits per heavy atom. The van der Waals surface area contributed by atoms with Gasteiger partial charge in [0.05, 0.1) is 5.56 Å². The van der Waals surface area contributed by atoms with Gasteiger partial charge in [0.2, 0.25) is 0 Å². The van der Waals surface area contributed by atoms with Crippen LogP contribution in [0.2, 0.25) is 0 Å². The monoisotopic (exact) mass is 228 g/mol. The lowest BCUT2D eigenvalue weighted by Crippen LogP contribution is -2.05. The van der Waals surface area contributed by atoms with Gasteiger partial charge in [0.25, 0.3) is 0 Å². The van der Waals surface area contributed by atoms with Crippen molar-refractivity contribution in [3.63, 3.8) is 0 Å². The summed E-state index contributed by atoms with van der Waals surface area (Å²) in [5.74, 6) is -1.41. The van der Waals surface area contributed by atoms with Crippen LogP contribution in [0.3, 0.4) is 0 Å². The van der Waals surface area contributed by atoms with Crippen molar-refractivity contribution in [2.45, 2.75) is 0 Å². The average molecular weight is 228 g/mol. The first-order valence-electron chi connectivity index (χ1n) is 4.81. The minimum absolute atomic E-state index is 0.0141. The third kappa shape index (κ3) is 2.34. The molecule has 0 fully saturated rings. The molecule has 2 rings (SSSR count). The molecule has 0 saturated carbocycles. The Kier molecular flexibility index (Phi) is 2.91. The Morgan fingerprint density at radius 3 is 2.35 bits per heavy atom. The second-order valence-corrected chi connectivity index (χ2v) is 3.34. The van der Waals surface area contributed by atoms with E-state index in [1.807, 2.05) is 0 Å². The summed E-state index contributed by atoms with van der Waals surface area (Å²) >= 11 is 0. The van der Waals surface area contributed by atoms with Crippen LogP contribution in [0.1, 0.15) is 26.3 Å². The van der Waals surface area contributed by atoms with Crippen molar-refractivity contribution in [3.05, 3.63) is 59.7 Å². The fourth-order valence-electron chi connectivity index (χ4n) is 1.34. The van der Waals surface area contributed by atoms with E-state index in [0.29, 0.717) is 5.56 Å². The summed E-state index contributed by atoms with van der Waals surface area (Å²) in [7, 11) is 0. The van der Waals surface area contributed by atoms with Crippen LogP contribution in [-0.4, -0.2) is 26.8 Å². The maximum Gasteiger partial charge on any atom is 0.337 e. The number of hydrogen-bond acceptors (Lipinski definition) is 4. The topological polar surface area (TPSA) is 80.1 Å². The maximum atomic E-state index is 11.9. The molecule has 0 unspecified atom stereocenters. The third-order valence-corrected chi connectivity index (χ3v) is 2.17. The molecule has 0 aliphatic heterocycles. The van der Waals surface area contributed by atoms with E-state index < -0.39 is 5.97 Å². The summed E-state index contributed by atoms with van der Waals surface area (Å²) < 4.78 is 0. The van der Waals surface area contributed by atoms with Gasteiger partial charge in [0, 0.05) is 35.9 Å². The van der Waals surface area contributed by atoms with Gasteiger partial charge < -0.3 is 5.11 Å². The van der Waals surface area contributed by atoms with Crippen LogP contribution in [0.25, 0.3) is 0 Å². The van der Waals surface area contributed by atoms with Gasteiger partial charge in [-0.2, -0.15) is 0 Å². The molecule has 2 aromatic heterocycles. The lowest BCUT2D eigenvalue weighted by atomic mass is 10.1. The quantitative estimate of drug-likeness (QED) is 0.803. The zero-order valence-electron chi connectivity index (χ0n) is 8.70. The van der Waals surface area contributed by atoms with Crippen LogP contribution in [0.15, 0.2) is 43.0 Å². The van der Waals surface area contributed by atoms with Crippen molar-refractivity contribution in [1.82, 2.24) is 9.97 Å². The second-order valence-electron chi connectivity index (χ2n) is 3.34. The number of pyridine rings is 2. The highest BCUT2D eigenvalue weighted by Crippen LogP contribution is 2.09. The number of ketones is 1. The molecule has 84 valence electrons. The Morgan fingerprint density at radius 2 is 1.71 bits per heavy atom. The molecule has 0 saturated heterocycles. The normalized spacial score (nSPS) is 9.88. The predicted molar refractivity (Wildman–Crippen MR) is 58.9 cm³/mol. The molecule has 0 aliphatic rings. The van der Waals surface area contributed by atoms with E-state index in [9.17, 15) is 9.59 Å². The highest BCUT2D eigenvalue weighted by Gasteiger charge is 2.12. The summed E-state index contributed by atoms with van der Waals surface area (Å²) in [5, 5.41) is 8.80. The van der Waals surface area contributed by atoms with Gasteiger partial charge >= 0.3 is 5.97 Å². The zero-order valence-corrected chi connectivity index (χ0v) is 8.70. The fourth-order valence-corrected chi connectivity index (χ4v) is 1.34. The molecule has 1 N–H and O–H groups in total. The summed E-state index contributed by atoms with van der Waals surface area (Å²) in [4.78, 5) is 30.3. The minimum atomic E-state index is -1.11. The number of nitrogens with zero attached hydrogens (tertiary/aromatic N) is 2. The molecule has 2 aromatic rings. The molecule has 2 heterocycles. The minimum Gasteiger partial charge on any atom is -0.478 e. The molecule has 0 radical (unpaired) electrons. The largest absolute Gasteiger partial charge is 0.478 e. The van der Waals surface area contributed by atoms with Crippen molar-refractivity contribution in [2.75, 3.05) is 0 Å². The molecule has 0 amide bonds. The van der Waals surface area contributed by atoms with Gasteiger partial charge in [-0.3, -0.25) is 14.8 Å². The first kappa shape index (κ1) is 10.9. The highest BCUT2D eigenvalue weighted by atomic mass is 16.4. The highest BCUT2D eigenvalue weighted by molar-refractivity contribution is 6.09. The van der Waals surface area contributed by atoms with E-state index in [0.717, 1.165) is 0 Å². The van der Waals surface area contributed by atoms with Crippen LogP contribution in [0.4, 0.5) is 0 Å². The summed E-state index contributed by atoms with van der Waals surface area (Å²) in [6, 6.07) is 4.55. The number of hydrogen-bond donors (Lipinski definition) is 1. The molecule has 17 heavy (non-hydrogen) atoms. The Labute approximate surface area is 96.8 Å². The molecule has 5 nitrogen and oxygen atoms in total. The van der Waals surface area contributed by atoms with Gasteiger partial charge in [-0.1, -0.05) is 0 Å². The molecular weight excluding hydrogens is 220 g/mol. The SMILES string of the molecule is O=C(O)c1cncc(C(=O)c2cccnc2)c1. The van der Waals surface area contributed by atoms with E-state index in [1.54, 1.807) is 18.3 Å². The van der Waals surface area contributed by atoms with Gasteiger partial charge in [0.15, 0.2) is 5.78 Å². The number of carbonyl (C=O) groups is 2. The number of carbonyl (C=O) groups excluding carboxylic acids is 1. The molecule has 5 heteroatoms. The van der Waals surface area contributed by atoms with Gasteiger partial charge in [-0.15, -0.1) is 0 Å². The summed E-state index contributed by atoms with van der Waals surface area (Å²) in [5.41, 5.74) is 0.620. The van der Waals surface area contributed by atoms with E-state index in [4.69, 9.17) is 5.11 Å². The Bertz CT molecular complexity index is 567. The smallest absolute Gasteiger partial charge is 0.337 e. The van der Waals surface area contributed by atoms with Crippen LogP contribution in [-0.2, 0) is 0 Å². The number of aromatic carboxylic acids is 1. The number of carboxylic acid groups (broad SMARTS) is 1. The first-order chi connectivity index (χ1) is 8.18. The number of rotatable bonds is 3. The summed E-state index contributed by atoms with van der Waals surface area (Å²) in [6.07, 6.45) is 5.52. The molecule has 0 aromatic carbocycles. The Hall–Kier alpha value is -2.56. The summed E-state index contributed by atoms with van der Waals surface area (Å²) in [6.45, 7) is 0. The number of aromatic nitrogens is 2. The number of carboxylic acids is 1. The van der Waals surface area contributed by atoms with Crippen LogP contribution >= 0.6 is 0 Å². The van der Waals surface area contributed by atoms with E-state index in [-0.39, 0.29) is 16.9 Å². The van der Waals surface area contributed by atoms with E-state index >= 15 is 0 Å². The van der Waals surface area contributed by atoms with Gasteiger partial charge in [-0.25, -0.2) is 4.79 Å². The van der Waals surface area contributed by atoms with Crippen LogP contribution < -0.4 is 0 Å². The fraction of sp³-hybridized carbons (Fsp3) is 0. The molecule has 0 atom stereocenters. The average Bonchev–Trinajstić information content (AvgIpc) is 2.39. The third-order valence-electron chi connectivity index (χ3n) is 2.17. The standard InChI is InChI=1S/C12H8N2O3/c15-11(8-2-1-3-13-5-8)9-4-10(12(16)17)7-14-6-9/h1-7H,(H,16,17). The van der Waals surface area contributed by atoms with Crippen LogP contribution in [0.5, 0.6) is 0 Å². The van der Waals surface area contributed by atoms with Crippen molar-refractivity contribution in [3.8, 4) is 0 Å². The zero-order chi connectivity index (χ0) is 12.3. The Balaban J connectivity index is 2.38. The molecule has 0 spiro atoms. The van der Waals surface area contributed by atoms with Crippen molar-refractivity contribution >= 4 is 11.8 Å². The van der Waals surface area contributed by atoms with Crippen LogP contribution in [0, 0.1) is 0 Å². The maximum absolute atomic E-state index is 11.9. The predicted octanol–water partition coefficient (Wildman–Crippen LogP) is 1.41. The van der Waals surface area contributed by atoms with Gasteiger partial charge in [-0.05, 0) is 18.2 Å². The van der Waals surface area contributed by atoms with Crippen molar-refractivity contribution in [2.24, 2.45) is 0 Å². The second kappa shape index (κ2) is 4.52. The van der Waals surface area contributed by atoms with Crippen molar-refractivity contribution < 1.29 is 14.7 Å². The van der Waals surface area contributed by atoms with Crippen molar-refractivity contribution in [1.29, 1.82) is 0 Å². The lowest BCUT2D eigenvalue weighted by Gasteiger charge is -2.01. The van der Waals surface area contributed by atoms with Gasteiger partial charge in [0.1, 0.15) is 0 Å². The lowest BCUT2D eigenvalue weighted by molar-refractivity contribution is 0.0696. The van der Waals surface area contributed by atoms with E-state index in [1.165, 1.54) is 24.7 Å². The molecule has 0 aliphatic carbocycles.